The molecule has 0 bridgehead atoms. The lowest BCUT2D eigenvalue weighted by atomic mass is 9.89. The standard InChI is InChI=1S/C10H20O2.C9H18O2/c1-10(2,3)8-6-4-5-7-9(11)12;1-2-3-4-5-6-7-8-9(10)11/h4-8H2,1-3H3,(H,11,12);2-8H2,1H3,(H,10,11). The number of unbranched alkanes of at least 4 members (excludes halogenated alkanes) is 7. The molecule has 0 unspecified atom stereocenters. The van der Waals surface area contributed by atoms with Crippen LogP contribution in [0.25, 0.3) is 0 Å². The van der Waals surface area contributed by atoms with Gasteiger partial charge in [0, 0.05) is 12.8 Å². The number of rotatable bonds is 12. The molecule has 0 aromatic heterocycles. The molecular formula is C19H38O4. The maximum Gasteiger partial charge on any atom is 0.303 e. The van der Waals surface area contributed by atoms with Crippen molar-refractivity contribution in [2.45, 2.75) is 105 Å². The van der Waals surface area contributed by atoms with Crippen LogP contribution >= 0.6 is 0 Å². The Kier molecular flexibility index (Phi) is 16.6. The molecule has 0 saturated heterocycles. The van der Waals surface area contributed by atoms with Gasteiger partial charge in [0.1, 0.15) is 0 Å². The van der Waals surface area contributed by atoms with Gasteiger partial charge in [-0.05, 0) is 24.7 Å². The van der Waals surface area contributed by atoms with Gasteiger partial charge in [-0.3, -0.25) is 9.59 Å². The summed E-state index contributed by atoms with van der Waals surface area (Å²) in [5.74, 6) is -1.34. The molecule has 0 aromatic carbocycles. The zero-order chi connectivity index (χ0) is 18.1. The first kappa shape index (κ1) is 24.2. The molecule has 23 heavy (non-hydrogen) atoms. The molecule has 0 amide bonds. The molecule has 0 saturated carbocycles. The van der Waals surface area contributed by atoms with E-state index in [1.54, 1.807) is 0 Å². The largest absolute Gasteiger partial charge is 0.481 e. The Morgan fingerprint density at radius 3 is 1.48 bits per heavy atom. The SMILES string of the molecule is CC(C)(C)CCCCCC(=O)O.CCCCCCCCC(=O)O. The van der Waals surface area contributed by atoms with Crippen LogP contribution in [0.3, 0.4) is 0 Å². The molecule has 0 spiro atoms. The van der Waals surface area contributed by atoms with Gasteiger partial charge in [-0.15, -0.1) is 0 Å². The third-order valence-electron chi connectivity index (χ3n) is 3.56. The van der Waals surface area contributed by atoms with Crippen LogP contribution in [-0.4, -0.2) is 22.2 Å². The van der Waals surface area contributed by atoms with Crippen LogP contribution in [0.1, 0.15) is 105 Å². The highest BCUT2D eigenvalue weighted by Crippen LogP contribution is 2.22. The highest BCUT2D eigenvalue weighted by atomic mass is 16.4. The van der Waals surface area contributed by atoms with E-state index in [9.17, 15) is 9.59 Å². The van der Waals surface area contributed by atoms with Crippen molar-refractivity contribution < 1.29 is 19.8 Å². The van der Waals surface area contributed by atoms with Crippen molar-refractivity contribution in [3.63, 3.8) is 0 Å². The van der Waals surface area contributed by atoms with Crippen LogP contribution in [0, 0.1) is 5.41 Å². The molecule has 138 valence electrons. The summed E-state index contributed by atoms with van der Waals surface area (Å²) in [4.78, 5) is 20.2. The Morgan fingerprint density at radius 1 is 0.696 bits per heavy atom. The summed E-state index contributed by atoms with van der Waals surface area (Å²) < 4.78 is 0. The third kappa shape index (κ3) is 29.6. The normalized spacial score (nSPS) is 10.8. The second-order valence-electron chi connectivity index (χ2n) is 7.43. The highest BCUT2D eigenvalue weighted by Gasteiger charge is 2.08. The first-order valence-electron chi connectivity index (χ1n) is 9.12. The zero-order valence-corrected chi connectivity index (χ0v) is 15.7. The van der Waals surface area contributed by atoms with Gasteiger partial charge in [-0.25, -0.2) is 0 Å². The monoisotopic (exact) mass is 330 g/mol. The average molecular weight is 331 g/mol. The fourth-order valence-electron chi connectivity index (χ4n) is 2.16. The number of carboxylic acid groups (broad SMARTS) is 2. The predicted octanol–water partition coefficient (Wildman–Crippen LogP) is 5.89. The average Bonchev–Trinajstić information content (AvgIpc) is 2.41. The summed E-state index contributed by atoms with van der Waals surface area (Å²) in [5.41, 5.74) is 0.392. The minimum Gasteiger partial charge on any atom is -0.481 e. The van der Waals surface area contributed by atoms with Crippen molar-refractivity contribution in [2.24, 2.45) is 5.41 Å². The van der Waals surface area contributed by atoms with E-state index in [1.807, 2.05) is 0 Å². The second-order valence-corrected chi connectivity index (χ2v) is 7.43. The molecule has 0 radical (unpaired) electrons. The van der Waals surface area contributed by atoms with E-state index >= 15 is 0 Å². The first-order chi connectivity index (χ1) is 10.7. The topological polar surface area (TPSA) is 74.6 Å². The molecule has 0 heterocycles. The molecule has 0 aliphatic rings. The Labute approximate surface area is 142 Å². The van der Waals surface area contributed by atoms with Gasteiger partial charge in [-0.1, -0.05) is 72.6 Å². The fourth-order valence-corrected chi connectivity index (χ4v) is 2.16. The van der Waals surface area contributed by atoms with Crippen LogP contribution in [-0.2, 0) is 9.59 Å². The maximum atomic E-state index is 10.2. The van der Waals surface area contributed by atoms with E-state index in [2.05, 4.69) is 27.7 Å². The van der Waals surface area contributed by atoms with Crippen LogP contribution < -0.4 is 0 Å². The van der Waals surface area contributed by atoms with Crippen molar-refractivity contribution in [1.29, 1.82) is 0 Å². The Balaban J connectivity index is 0. The smallest absolute Gasteiger partial charge is 0.303 e. The molecule has 0 fully saturated rings. The van der Waals surface area contributed by atoms with Gasteiger partial charge < -0.3 is 10.2 Å². The van der Waals surface area contributed by atoms with Gasteiger partial charge >= 0.3 is 11.9 Å². The van der Waals surface area contributed by atoms with Crippen LogP contribution in [0.2, 0.25) is 0 Å². The molecule has 0 aromatic rings. The molecule has 0 rings (SSSR count). The van der Waals surface area contributed by atoms with E-state index in [1.165, 1.54) is 32.1 Å². The fraction of sp³-hybridized carbons (Fsp3) is 0.895. The second kappa shape index (κ2) is 15.8. The number of carbonyl (C=O) groups is 2. The molecule has 4 heteroatoms. The summed E-state index contributed by atoms with van der Waals surface area (Å²) >= 11 is 0. The lowest BCUT2D eigenvalue weighted by Gasteiger charge is -2.17. The third-order valence-corrected chi connectivity index (χ3v) is 3.56. The maximum absolute atomic E-state index is 10.2. The Bertz CT molecular complexity index is 292. The van der Waals surface area contributed by atoms with Crippen LogP contribution in [0.5, 0.6) is 0 Å². The van der Waals surface area contributed by atoms with Gasteiger partial charge in [0.05, 0.1) is 0 Å². The van der Waals surface area contributed by atoms with Gasteiger partial charge in [-0.2, -0.15) is 0 Å². The lowest BCUT2D eigenvalue weighted by molar-refractivity contribution is -0.138. The zero-order valence-electron chi connectivity index (χ0n) is 15.7. The molecule has 0 atom stereocenters. The quantitative estimate of drug-likeness (QED) is 0.437. The van der Waals surface area contributed by atoms with E-state index < -0.39 is 11.9 Å². The van der Waals surface area contributed by atoms with Crippen molar-refractivity contribution >= 4 is 11.9 Å². The Morgan fingerprint density at radius 2 is 1.09 bits per heavy atom. The van der Waals surface area contributed by atoms with Gasteiger partial charge in [0.15, 0.2) is 0 Å². The molecule has 0 aliphatic heterocycles. The number of aliphatic carboxylic acids is 2. The lowest BCUT2D eigenvalue weighted by Crippen LogP contribution is -2.04. The number of carboxylic acids is 2. The highest BCUT2D eigenvalue weighted by molar-refractivity contribution is 5.66. The molecule has 0 aliphatic carbocycles. The van der Waals surface area contributed by atoms with Crippen molar-refractivity contribution in [2.75, 3.05) is 0 Å². The minimum absolute atomic E-state index is 0.324. The Hall–Kier alpha value is -1.06. The van der Waals surface area contributed by atoms with E-state index in [-0.39, 0.29) is 0 Å². The van der Waals surface area contributed by atoms with E-state index in [0.717, 1.165) is 32.1 Å². The summed E-state index contributed by atoms with van der Waals surface area (Å²) in [7, 11) is 0. The number of hydrogen-bond acceptors (Lipinski definition) is 2. The molecule has 4 nitrogen and oxygen atoms in total. The van der Waals surface area contributed by atoms with Crippen molar-refractivity contribution in [3.05, 3.63) is 0 Å². The first-order valence-corrected chi connectivity index (χ1v) is 9.12. The predicted molar refractivity (Wildman–Crippen MR) is 95.8 cm³/mol. The summed E-state index contributed by atoms with van der Waals surface area (Å²) in [6, 6.07) is 0. The summed E-state index contributed by atoms with van der Waals surface area (Å²) in [5, 5.41) is 16.7. The molecule has 2 N–H and O–H groups in total. The van der Waals surface area contributed by atoms with Crippen molar-refractivity contribution in [1.82, 2.24) is 0 Å². The van der Waals surface area contributed by atoms with Crippen LogP contribution in [0.4, 0.5) is 0 Å². The summed E-state index contributed by atoms with van der Waals surface area (Å²) in [6.07, 6.45) is 11.8. The van der Waals surface area contributed by atoms with Crippen molar-refractivity contribution in [3.8, 4) is 0 Å². The van der Waals surface area contributed by atoms with Gasteiger partial charge in [0.25, 0.3) is 0 Å². The molecular weight excluding hydrogens is 292 g/mol. The van der Waals surface area contributed by atoms with E-state index in [0.29, 0.717) is 18.3 Å². The summed E-state index contributed by atoms with van der Waals surface area (Å²) in [6.45, 7) is 8.82. The van der Waals surface area contributed by atoms with Crippen LogP contribution in [0.15, 0.2) is 0 Å². The van der Waals surface area contributed by atoms with E-state index in [4.69, 9.17) is 10.2 Å². The van der Waals surface area contributed by atoms with Gasteiger partial charge in [0.2, 0.25) is 0 Å². The number of hydrogen-bond donors (Lipinski definition) is 2. The minimum atomic E-state index is -0.675.